The average Bonchev–Trinajstić information content (AvgIpc) is 3.04. The van der Waals surface area contributed by atoms with Crippen LogP contribution in [0.2, 0.25) is 10.0 Å². The van der Waals surface area contributed by atoms with Crippen LogP contribution < -0.4 is 5.32 Å². The van der Waals surface area contributed by atoms with Gasteiger partial charge in [-0.05, 0) is 67.1 Å². The van der Waals surface area contributed by atoms with Gasteiger partial charge in [0.05, 0.1) is 0 Å². The van der Waals surface area contributed by atoms with E-state index in [1.165, 1.54) is 6.08 Å². The second kappa shape index (κ2) is 8.12. The van der Waals surface area contributed by atoms with Gasteiger partial charge in [0.2, 0.25) is 5.91 Å². The zero-order chi connectivity index (χ0) is 18.7. The summed E-state index contributed by atoms with van der Waals surface area (Å²) < 4.78 is 6.70. The molecule has 132 valence electrons. The molecule has 0 atom stereocenters. The molecule has 0 radical (unpaired) electrons. The van der Waals surface area contributed by atoms with Crippen molar-refractivity contribution in [2.24, 2.45) is 0 Å². The van der Waals surface area contributed by atoms with Gasteiger partial charge in [-0.2, -0.15) is 0 Å². The molecule has 26 heavy (non-hydrogen) atoms. The van der Waals surface area contributed by atoms with Crippen molar-refractivity contribution in [3.63, 3.8) is 0 Å². The minimum atomic E-state index is -0.237. The molecule has 3 rings (SSSR count). The molecule has 0 saturated carbocycles. The van der Waals surface area contributed by atoms with Gasteiger partial charge < -0.3 is 9.73 Å². The molecule has 3 nitrogen and oxygen atoms in total. The summed E-state index contributed by atoms with van der Waals surface area (Å²) in [6.45, 7) is 1.93. The standard InChI is InChI=1S/C20H14BrCl2NO2/c1-12-8-14(21)2-5-18(12)24-20(25)7-4-17-3-6-19(26-17)13-9-15(22)11-16(23)10-13/h2-11H,1H3,(H,24,25)/b7-4+. The Morgan fingerprint density at radius 3 is 2.50 bits per heavy atom. The number of nitrogens with one attached hydrogen (secondary N) is 1. The highest BCUT2D eigenvalue weighted by atomic mass is 79.9. The van der Waals surface area contributed by atoms with E-state index in [-0.39, 0.29) is 5.91 Å². The molecule has 1 amide bonds. The third kappa shape index (κ3) is 4.79. The third-order valence-electron chi connectivity index (χ3n) is 3.62. The molecule has 1 N–H and O–H groups in total. The van der Waals surface area contributed by atoms with Gasteiger partial charge in [0, 0.05) is 31.8 Å². The van der Waals surface area contributed by atoms with E-state index in [4.69, 9.17) is 27.6 Å². The number of furan rings is 1. The minimum absolute atomic E-state index is 0.237. The Kier molecular flexibility index (Phi) is 5.87. The Balaban J connectivity index is 1.71. The number of benzene rings is 2. The van der Waals surface area contributed by atoms with Crippen LogP contribution in [0.5, 0.6) is 0 Å². The van der Waals surface area contributed by atoms with Crippen molar-refractivity contribution in [1.29, 1.82) is 0 Å². The molecular formula is C20H14BrCl2NO2. The van der Waals surface area contributed by atoms with Gasteiger partial charge in [-0.3, -0.25) is 4.79 Å². The lowest BCUT2D eigenvalue weighted by Gasteiger charge is -2.06. The molecule has 0 aliphatic rings. The van der Waals surface area contributed by atoms with Gasteiger partial charge >= 0.3 is 0 Å². The van der Waals surface area contributed by atoms with Crippen molar-refractivity contribution in [3.8, 4) is 11.3 Å². The number of rotatable bonds is 4. The monoisotopic (exact) mass is 449 g/mol. The van der Waals surface area contributed by atoms with E-state index in [0.29, 0.717) is 21.6 Å². The lowest BCUT2D eigenvalue weighted by Crippen LogP contribution is -2.08. The van der Waals surface area contributed by atoms with Gasteiger partial charge in [-0.1, -0.05) is 39.1 Å². The number of carbonyl (C=O) groups excluding carboxylic acids is 1. The Hall–Kier alpha value is -2.01. The van der Waals surface area contributed by atoms with Crippen LogP contribution in [0, 0.1) is 6.92 Å². The maximum Gasteiger partial charge on any atom is 0.248 e. The van der Waals surface area contributed by atoms with Crippen LogP contribution in [0.25, 0.3) is 17.4 Å². The van der Waals surface area contributed by atoms with Crippen LogP contribution in [0.3, 0.4) is 0 Å². The van der Waals surface area contributed by atoms with E-state index in [9.17, 15) is 4.79 Å². The Bertz CT molecular complexity index is 975. The fourth-order valence-electron chi connectivity index (χ4n) is 2.39. The molecule has 0 bridgehead atoms. The van der Waals surface area contributed by atoms with E-state index < -0.39 is 0 Å². The van der Waals surface area contributed by atoms with Crippen molar-refractivity contribution in [1.82, 2.24) is 0 Å². The number of carbonyl (C=O) groups is 1. The van der Waals surface area contributed by atoms with E-state index in [2.05, 4.69) is 21.2 Å². The number of hydrogen-bond donors (Lipinski definition) is 1. The van der Waals surface area contributed by atoms with Gasteiger partial charge in [-0.25, -0.2) is 0 Å². The molecule has 1 heterocycles. The fraction of sp³-hybridized carbons (Fsp3) is 0.0500. The largest absolute Gasteiger partial charge is 0.457 e. The van der Waals surface area contributed by atoms with Crippen molar-refractivity contribution in [2.75, 3.05) is 5.32 Å². The van der Waals surface area contributed by atoms with E-state index in [0.717, 1.165) is 21.3 Å². The minimum Gasteiger partial charge on any atom is -0.457 e. The lowest BCUT2D eigenvalue weighted by atomic mass is 10.2. The predicted molar refractivity (Wildman–Crippen MR) is 111 cm³/mol. The predicted octanol–water partition coefficient (Wildman–Crippen LogP) is 6.98. The maximum absolute atomic E-state index is 12.1. The number of aryl methyl sites for hydroxylation is 1. The van der Waals surface area contributed by atoms with Crippen molar-refractivity contribution in [2.45, 2.75) is 6.92 Å². The Morgan fingerprint density at radius 2 is 1.81 bits per heavy atom. The van der Waals surface area contributed by atoms with Gasteiger partial charge in [0.1, 0.15) is 11.5 Å². The van der Waals surface area contributed by atoms with Crippen LogP contribution in [-0.2, 0) is 4.79 Å². The summed E-state index contributed by atoms with van der Waals surface area (Å²) >= 11 is 15.4. The van der Waals surface area contributed by atoms with Gasteiger partial charge in [0.25, 0.3) is 0 Å². The van der Waals surface area contributed by atoms with Crippen molar-refractivity contribution in [3.05, 3.63) is 80.4 Å². The number of halogens is 3. The molecule has 6 heteroatoms. The molecular weight excluding hydrogens is 437 g/mol. The summed E-state index contributed by atoms with van der Waals surface area (Å²) in [5.41, 5.74) is 2.51. The highest BCUT2D eigenvalue weighted by Gasteiger charge is 2.07. The van der Waals surface area contributed by atoms with Gasteiger partial charge in [0.15, 0.2) is 0 Å². The maximum atomic E-state index is 12.1. The van der Waals surface area contributed by atoms with Crippen LogP contribution in [-0.4, -0.2) is 5.91 Å². The first-order valence-corrected chi connectivity index (χ1v) is 9.27. The average molecular weight is 451 g/mol. The summed E-state index contributed by atoms with van der Waals surface area (Å²) in [5, 5.41) is 3.90. The number of anilines is 1. The molecule has 3 aromatic rings. The zero-order valence-corrected chi connectivity index (χ0v) is 16.8. The molecule has 1 aromatic heterocycles. The second-order valence-electron chi connectivity index (χ2n) is 5.64. The third-order valence-corrected chi connectivity index (χ3v) is 4.55. The first kappa shape index (κ1) is 18.8. The van der Waals surface area contributed by atoms with Crippen LogP contribution in [0.15, 0.2) is 63.5 Å². The first-order chi connectivity index (χ1) is 12.4. The Labute approximate surface area is 169 Å². The Morgan fingerprint density at radius 1 is 1.08 bits per heavy atom. The van der Waals surface area contributed by atoms with E-state index >= 15 is 0 Å². The second-order valence-corrected chi connectivity index (χ2v) is 7.43. The molecule has 0 saturated heterocycles. The quantitative estimate of drug-likeness (QED) is 0.435. The molecule has 0 aliphatic heterocycles. The highest BCUT2D eigenvalue weighted by Crippen LogP contribution is 2.29. The van der Waals surface area contributed by atoms with Gasteiger partial charge in [-0.15, -0.1) is 0 Å². The van der Waals surface area contributed by atoms with Crippen molar-refractivity contribution >= 4 is 56.8 Å². The van der Waals surface area contributed by atoms with Crippen LogP contribution >= 0.6 is 39.1 Å². The number of amides is 1. The normalized spacial score (nSPS) is 11.1. The first-order valence-electron chi connectivity index (χ1n) is 7.72. The summed E-state index contributed by atoms with van der Waals surface area (Å²) in [7, 11) is 0. The molecule has 0 aliphatic carbocycles. The molecule has 0 spiro atoms. The van der Waals surface area contributed by atoms with Crippen LogP contribution in [0.1, 0.15) is 11.3 Å². The van der Waals surface area contributed by atoms with Crippen molar-refractivity contribution < 1.29 is 9.21 Å². The fourth-order valence-corrected chi connectivity index (χ4v) is 3.39. The van der Waals surface area contributed by atoms with E-state index in [1.54, 1.807) is 36.4 Å². The smallest absolute Gasteiger partial charge is 0.248 e. The molecule has 0 unspecified atom stereocenters. The molecule has 2 aromatic carbocycles. The summed E-state index contributed by atoms with van der Waals surface area (Å²) in [5.74, 6) is 0.941. The zero-order valence-electron chi connectivity index (χ0n) is 13.7. The molecule has 0 fully saturated rings. The summed E-state index contributed by atoms with van der Waals surface area (Å²) in [6, 6.07) is 14.4. The SMILES string of the molecule is Cc1cc(Br)ccc1NC(=O)/C=C/c1ccc(-c2cc(Cl)cc(Cl)c2)o1. The lowest BCUT2D eigenvalue weighted by molar-refractivity contribution is -0.111. The van der Waals surface area contributed by atoms with E-state index in [1.807, 2.05) is 25.1 Å². The summed E-state index contributed by atoms with van der Waals surface area (Å²) in [6.07, 6.45) is 3.04. The van der Waals surface area contributed by atoms with Crippen LogP contribution in [0.4, 0.5) is 5.69 Å². The highest BCUT2D eigenvalue weighted by molar-refractivity contribution is 9.10. The summed E-state index contributed by atoms with van der Waals surface area (Å²) in [4.78, 5) is 12.1. The topological polar surface area (TPSA) is 42.2 Å². The number of hydrogen-bond acceptors (Lipinski definition) is 2.